The lowest BCUT2D eigenvalue weighted by Crippen LogP contribution is -2.36. The zero-order valence-electron chi connectivity index (χ0n) is 17.0. The summed E-state index contributed by atoms with van der Waals surface area (Å²) >= 11 is 0. The zero-order valence-corrected chi connectivity index (χ0v) is 19.3. The molecule has 0 amide bonds. The molecule has 0 radical (unpaired) electrons. The third-order valence-corrected chi connectivity index (χ3v) is 3.99. The van der Waals surface area contributed by atoms with Crippen molar-refractivity contribution in [3.8, 4) is 11.5 Å². The number of hydrogen-bond donors (Lipinski definition) is 3. The lowest BCUT2D eigenvalue weighted by molar-refractivity contribution is 0.145. The first-order valence-corrected chi connectivity index (χ1v) is 9.24. The van der Waals surface area contributed by atoms with Crippen molar-refractivity contribution in [2.24, 2.45) is 4.99 Å². The van der Waals surface area contributed by atoms with Gasteiger partial charge in [-0.1, -0.05) is 18.2 Å². The first kappa shape index (κ1) is 25.0. The summed E-state index contributed by atoms with van der Waals surface area (Å²) in [6.45, 7) is 6.50. The second-order valence-electron chi connectivity index (χ2n) is 6.29. The fourth-order valence-electron chi connectivity index (χ4n) is 2.52. The van der Waals surface area contributed by atoms with Crippen molar-refractivity contribution in [3.63, 3.8) is 0 Å². The molecule has 0 aliphatic carbocycles. The van der Waals surface area contributed by atoms with Crippen LogP contribution in [-0.4, -0.2) is 37.9 Å². The Morgan fingerprint density at radius 3 is 2.62 bits per heavy atom. The van der Waals surface area contributed by atoms with E-state index in [2.05, 4.69) is 15.6 Å². The molecule has 0 atom stereocenters. The van der Waals surface area contributed by atoms with Gasteiger partial charge in [0.2, 0.25) is 0 Å². The SMILES string of the molecule is CCNC(=NCc1ccc(O)c(F)c1)NCc1ccc(C)cc1OCCOC.I. The van der Waals surface area contributed by atoms with Crippen LogP contribution in [0.4, 0.5) is 4.39 Å². The maximum Gasteiger partial charge on any atom is 0.191 e. The van der Waals surface area contributed by atoms with Gasteiger partial charge in [0.05, 0.1) is 13.2 Å². The number of halogens is 2. The largest absolute Gasteiger partial charge is 0.505 e. The Morgan fingerprint density at radius 1 is 1.14 bits per heavy atom. The van der Waals surface area contributed by atoms with E-state index in [1.807, 2.05) is 32.0 Å². The molecule has 6 nitrogen and oxygen atoms in total. The van der Waals surface area contributed by atoms with Crippen LogP contribution < -0.4 is 15.4 Å². The molecule has 2 rings (SSSR count). The molecule has 0 unspecified atom stereocenters. The van der Waals surface area contributed by atoms with Gasteiger partial charge in [0.15, 0.2) is 17.5 Å². The third kappa shape index (κ3) is 8.45. The topological polar surface area (TPSA) is 75.1 Å². The average molecular weight is 517 g/mol. The highest BCUT2D eigenvalue weighted by atomic mass is 127. The molecule has 3 N–H and O–H groups in total. The number of phenols is 1. The fraction of sp³-hybridized carbons (Fsp3) is 0.381. The predicted octanol–water partition coefficient (Wildman–Crippen LogP) is 3.74. The monoisotopic (exact) mass is 517 g/mol. The Labute approximate surface area is 188 Å². The number of rotatable bonds is 9. The normalized spacial score (nSPS) is 11.0. The lowest BCUT2D eigenvalue weighted by Gasteiger charge is -2.15. The molecule has 8 heteroatoms. The van der Waals surface area contributed by atoms with E-state index in [1.165, 1.54) is 12.1 Å². The Kier molecular flexibility index (Phi) is 11.4. The van der Waals surface area contributed by atoms with Crippen LogP contribution in [0.1, 0.15) is 23.6 Å². The molecule has 0 aliphatic heterocycles. The van der Waals surface area contributed by atoms with Gasteiger partial charge in [-0.2, -0.15) is 0 Å². The molecule has 2 aromatic rings. The quantitative estimate of drug-likeness (QED) is 0.205. The summed E-state index contributed by atoms with van der Waals surface area (Å²) in [5.74, 6) is 0.404. The standard InChI is InChI=1S/C21H28FN3O3.HI/c1-4-23-21(24-13-16-6-8-19(26)18(22)12-16)25-14-17-7-5-15(2)11-20(17)28-10-9-27-3;/h5-8,11-12,26H,4,9-10,13-14H2,1-3H3,(H2,23,24,25);1H. The summed E-state index contributed by atoms with van der Waals surface area (Å²) < 4.78 is 24.3. The third-order valence-electron chi connectivity index (χ3n) is 3.99. The minimum atomic E-state index is -0.650. The van der Waals surface area contributed by atoms with E-state index in [1.54, 1.807) is 13.2 Å². The summed E-state index contributed by atoms with van der Waals surface area (Å²) in [5.41, 5.74) is 2.79. The van der Waals surface area contributed by atoms with Gasteiger partial charge < -0.3 is 25.2 Å². The van der Waals surface area contributed by atoms with Gasteiger partial charge in [0, 0.05) is 25.8 Å². The van der Waals surface area contributed by atoms with Gasteiger partial charge >= 0.3 is 0 Å². The van der Waals surface area contributed by atoms with Crippen LogP contribution in [-0.2, 0) is 17.8 Å². The molecule has 0 aromatic heterocycles. The number of hydrogen-bond acceptors (Lipinski definition) is 4. The second kappa shape index (κ2) is 13.2. The van der Waals surface area contributed by atoms with Gasteiger partial charge in [-0.25, -0.2) is 9.38 Å². The van der Waals surface area contributed by atoms with Crippen molar-refractivity contribution in [3.05, 3.63) is 58.9 Å². The minimum Gasteiger partial charge on any atom is -0.505 e. The number of phenolic OH excluding ortho intramolecular Hbond substituents is 1. The first-order chi connectivity index (χ1) is 13.5. The van der Waals surface area contributed by atoms with Gasteiger partial charge in [-0.05, 0) is 43.2 Å². The van der Waals surface area contributed by atoms with Gasteiger partial charge in [-0.3, -0.25) is 0 Å². The highest BCUT2D eigenvalue weighted by Crippen LogP contribution is 2.20. The Hall–Kier alpha value is -2.07. The van der Waals surface area contributed by atoms with Crippen LogP contribution in [0, 0.1) is 12.7 Å². The highest BCUT2D eigenvalue weighted by Gasteiger charge is 2.07. The van der Waals surface area contributed by atoms with Crippen LogP contribution >= 0.6 is 24.0 Å². The highest BCUT2D eigenvalue weighted by molar-refractivity contribution is 14.0. The molecule has 0 fully saturated rings. The van der Waals surface area contributed by atoms with Crippen LogP contribution in [0.3, 0.4) is 0 Å². The summed E-state index contributed by atoms with van der Waals surface area (Å²) in [4.78, 5) is 4.48. The van der Waals surface area contributed by atoms with Crippen LogP contribution in [0.5, 0.6) is 11.5 Å². The molecule has 0 bridgehead atoms. The molecule has 29 heavy (non-hydrogen) atoms. The number of aliphatic imine (C=N–C) groups is 1. The minimum absolute atomic E-state index is 0. The number of aromatic hydroxyl groups is 1. The summed E-state index contributed by atoms with van der Waals surface area (Å²) in [6, 6.07) is 10.3. The predicted molar refractivity (Wildman–Crippen MR) is 124 cm³/mol. The van der Waals surface area contributed by atoms with E-state index in [0.717, 1.165) is 16.9 Å². The van der Waals surface area contributed by atoms with Crippen LogP contribution in [0.2, 0.25) is 0 Å². The van der Waals surface area contributed by atoms with Crippen molar-refractivity contribution in [2.45, 2.75) is 26.9 Å². The van der Waals surface area contributed by atoms with Crippen molar-refractivity contribution in [2.75, 3.05) is 26.9 Å². The van der Waals surface area contributed by atoms with Crippen LogP contribution in [0.25, 0.3) is 0 Å². The molecule has 0 saturated heterocycles. The van der Waals surface area contributed by atoms with Crippen LogP contribution in [0.15, 0.2) is 41.4 Å². The van der Waals surface area contributed by atoms with E-state index < -0.39 is 5.82 Å². The van der Waals surface area contributed by atoms with Crippen molar-refractivity contribution in [1.29, 1.82) is 0 Å². The molecule has 0 saturated carbocycles. The Balaban J connectivity index is 0.00000420. The number of guanidine groups is 1. The van der Waals surface area contributed by atoms with Crippen molar-refractivity contribution < 1.29 is 19.0 Å². The molecular formula is C21H29FIN3O3. The number of benzene rings is 2. The van der Waals surface area contributed by atoms with Crippen molar-refractivity contribution in [1.82, 2.24) is 10.6 Å². The molecule has 0 aliphatic rings. The van der Waals surface area contributed by atoms with E-state index in [-0.39, 0.29) is 36.3 Å². The fourth-order valence-corrected chi connectivity index (χ4v) is 2.52. The van der Waals surface area contributed by atoms with Gasteiger partial charge in [-0.15, -0.1) is 24.0 Å². The number of ether oxygens (including phenoxy) is 2. The van der Waals surface area contributed by atoms with Gasteiger partial charge in [0.25, 0.3) is 0 Å². The van der Waals surface area contributed by atoms with E-state index >= 15 is 0 Å². The average Bonchev–Trinajstić information content (AvgIpc) is 2.68. The van der Waals surface area contributed by atoms with Crippen molar-refractivity contribution >= 4 is 29.9 Å². The molecule has 0 heterocycles. The second-order valence-corrected chi connectivity index (χ2v) is 6.29. The molecule has 2 aromatic carbocycles. The Bertz CT molecular complexity index is 803. The molecular weight excluding hydrogens is 488 g/mol. The maximum absolute atomic E-state index is 13.5. The summed E-state index contributed by atoms with van der Waals surface area (Å²) in [5, 5.41) is 15.7. The molecule has 160 valence electrons. The number of aryl methyl sites for hydroxylation is 1. The van der Waals surface area contributed by atoms with E-state index in [0.29, 0.717) is 37.8 Å². The van der Waals surface area contributed by atoms with Gasteiger partial charge in [0.1, 0.15) is 12.4 Å². The molecule has 0 spiro atoms. The zero-order chi connectivity index (χ0) is 20.4. The van der Waals surface area contributed by atoms with E-state index in [9.17, 15) is 9.50 Å². The number of nitrogens with one attached hydrogen (secondary N) is 2. The Morgan fingerprint density at radius 2 is 1.93 bits per heavy atom. The smallest absolute Gasteiger partial charge is 0.191 e. The van der Waals surface area contributed by atoms with E-state index in [4.69, 9.17) is 9.47 Å². The lowest BCUT2D eigenvalue weighted by atomic mass is 10.1. The number of nitrogens with zero attached hydrogens (tertiary/aromatic N) is 1. The summed E-state index contributed by atoms with van der Waals surface area (Å²) in [6.07, 6.45) is 0. The maximum atomic E-state index is 13.5. The summed E-state index contributed by atoms with van der Waals surface area (Å²) in [7, 11) is 1.64. The first-order valence-electron chi connectivity index (χ1n) is 9.24. The number of methoxy groups -OCH3 is 1.